The van der Waals surface area contributed by atoms with Crippen molar-refractivity contribution in [3.63, 3.8) is 0 Å². The summed E-state index contributed by atoms with van der Waals surface area (Å²) in [6.07, 6.45) is 6.66. The second-order valence-electron chi connectivity index (χ2n) is 3.95. The van der Waals surface area contributed by atoms with Gasteiger partial charge in [0, 0.05) is 6.04 Å². The second kappa shape index (κ2) is 7.55. The van der Waals surface area contributed by atoms with Gasteiger partial charge in [0.15, 0.2) is 0 Å². The molecule has 1 fully saturated rings. The minimum absolute atomic E-state index is 0.0116. The highest BCUT2D eigenvalue weighted by Crippen LogP contribution is 2.14. The Morgan fingerprint density at radius 3 is 2.00 bits per heavy atom. The number of rotatable bonds is 2. The maximum absolute atomic E-state index is 9.62. The first-order valence-electron chi connectivity index (χ1n) is 5.20. The Balaban J connectivity index is 0.000000241. The molecule has 0 aromatic rings. The van der Waals surface area contributed by atoms with Crippen molar-refractivity contribution in [3.8, 4) is 0 Å². The van der Waals surface area contributed by atoms with Crippen LogP contribution in [0.2, 0.25) is 0 Å². The minimum Gasteiger partial charge on any atom is -0.328 e. The summed E-state index contributed by atoms with van der Waals surface area (Å²) in [7, 11) is 0. The molecule has 5 heteroatoms. The smallest absolute Gasteiger partial charge is 0.328 e. The molecule has 0 heterocycles. The Morgan fingerprint density at radius 1 is 1.36 bits per heavy atom. The van der Waals surface area contributed by atoms with Crippen molar-refractivity contribution in [2.24, 2.45) is 5.73 Å². The van der Waals surface area contributed by atoms with Crippen molar-refractivity contribution in [3.05, 3.63) is 4.91 Å². The average Bonchev–Trinajstić information content (AvgIpc) is 2.03. The molecule has 1 aliphatic carbocycles. The highest BCUT2D eigenvalue weighted by molar-refractivity contribution is 4.66. The molecule has 0 amide bonds. The molecule has 5 nitrogen and oxygen atoms in total. The number of nitrogens with one attached hydrogen (secondary N) is 1. The summed E-state index contributed by atoms with van der Waals surface area (Å²) < 4.78 is 0. The summed E-state index contributed by atoms with van der Waals surface area (Å²) in [5.41, 5.74) is 7.77. The summed E-state index contributed by atoms with van der Waals surface area (Å²) in [5, 5.41) is 7.59. The lowest BCUT2D eigenvalue weighted by atomic mass is 9.97. The van der Waals surface area contributed by atoms with Gasteiger partial charge in [0.2, 0.25) is 0 Å². The molecule has 0 atom stereocenters. The Morgan fingerprint density at radius 2 is 1.86 bits per heavy atom. The first kappa shape index (κ1) is 13.2. The predicted molar refractivity (Wildman–Crippen MR) is 54.7 cm³/mol. The minimum atomic E-state index is -0.301. The zero-order valence-corrected chi connectivity index (χ0v) is 9.07. The van der Waals surface area contributed by atoms with Crippen molar-refractivity contribution in [1.82, 2.24) is 5.43 Å². The number of nitrogens with two attached hydrogens (primary N) is 1. The van der Waals surface area contributed by atoms with Gasteiger partial charge in [-0.05, 0) is 26.7 Å². The van der Waals surface area contributed by atoms with E-state index < -0.39 is 0 Å². The first-order valence-corrected chi connectivity index (χ1v) is 5.20. The van der Waals surface area contributed by atoms with E-state index in [1.54, 1.807) is 13.8 Å². The van der Waals surface area contributed by atoms with E-state index >= 15 is 0 Å². The van der Waals surface area contributed by atoms with Gasteiger partial charge in [-0.15, -0.1) is 0 Å². The molecule has 0 saturated heterocycles. The van der Waals surface area contributed by atoms with Gasteiger partial charge in [-0.3, -0.25) is 0 Å². The maximum Gasteiger partial charge on any atom is 0.354 e. The van der Waals surface area contributed by atoms with Crippen molar-refractivity contribution < 1.29 is 10.2 Å². The van der Waals surface area contributed by atoms with E-state index in [0.29, 0.717) is 6.04 Å². The monoisotopic (exact) mass is 204 g/mol. The summed E-state index contributed by atoms with van der Waals surface area (Å²) in [4.78, 5) is 9.62. The van der Waals surface area contributed by atoms with Crippen LogP contribution in [0.1, 0.15) is 46.0 Å². The fourth-order valence-electron chi connectivity index (χ4n) is 1.36. The molecule has 0 radical (unpaired) electrons. The van der Waals surface area contributed by atoms with Gasteiger partial charge >= 0.3 is 5.03 Å². The Bertz CT molecular complexity index is 156. The lowest BCUT2D eigenvalue weighted by Crippen LogP contribution is -2.30. The van der Waals surface area contributed by atoms with Crippen LogP contribution in [-0.4, -0.2) is 22.3 Å². The molecule has 4 N–H and O–H groups in total. The van der Waals surface area contributed by atoms with Crippen LogP contribution in [0.5, 0.6) is 0 Å². The average molecular weight is 204 g/mol. The maximum atomic E-state index is 9.62. The quantitative estimate of drug-likeness (QED) is 0.593. The predicted octanol–water partition coefficient (Wildman–Crippen LogP) is 1.35. The topological polar surface area (TPSA) is 78.4 Å². The van der Waals surface area contributed by atoms with Crippen LogP contribution < -0.4 is 11.2 Å². The normalized spacial score (nSPS) is 17.1. The van der Waals surface area contributed by atoms with Crippen LogP contribution >= 0.6 is 0 Å². The van der Waals surface area contributed by atoms with Crippen molar-refractivity contribution >= 4 is 0 Å². The lowest BCUT2D eigenvalue weighted by Gasteiger charge is -2.15. The van der Waals surface area contributed by atoms with Crippen LogP contribution in [0, 0.1) is 4.91 Å². The fraction of sp³-hybridized carbons (Fsp3) is 1.00. The molecular formula is C9H22N3O2+. The third-order valence-electron chi connectivity index (χ3n) is 2.02. The summed E-state index contributed by atoms with van der Waals surface area (Å²) >= 11 is 0. The molecule has 0 aromatic carbocycles. The van der Waals surface area contributed by atoms with Gasteiger partial charge in [0.25, 0.3) is 0 Å². The van der Waals surface area contributed by atoms with E-state index in [0.717, 1.165) is 0 Å². The molecule has 0 spiro atoms. The van der Waals surface area contributed by atoms with E-state index in [2.05, 4.69) is 5.43 Å². The number of hydrogen-bond acceptors (Lipinski definition) is 2. The molecule has 1 aliphatic rings. The summed E-state index contributed by atoms with van der Waals surface area (Å²) in [6.45, 7) is 3.50. The van der Waals surface area contributed by atoms with Gasteiger partial charge in [-0.2, -0.15) is 0 Å². The molecule has 0 unspecified atom stereocenters. The van der Waals surface area contributed by atoms with E-state index in [9.17, 15) is 4.91 Å². The van der Waals surface area contributed by atoms with Crippen molar-refractivity contribution in [2.45, 2.75) is 58.0 Å². The highest BCUT2D eigenvalue weighted by atomic mass is 16.7. The number of hydrazine groups is 1. The third kappa shape index (κ3) is 9.25. The van der Waals surface area contributed by atoms with E-state index in [-0.39, 0.29) is 11.1 Å². The third-order valence-corrected chi connectivity index (χ3v) is 2.02. The zero-order valence-electron chi connectivity index (χ0n) is 9.07. The molecule has 0 bridgehead atoms. The van der Waals surface area contributed by atoms with Gasteiger partial charge < -0.3 is 5.73 Å². The summed E-state index contributed by atoms with van der Waals surface area (Å²) in [6, 6.07) is 0.524. The largest absolute Gasteiger partial charge is 0.354 e. The Hall–Kier alpha value is -0.840. The van der Waals surface area contributed by atoms with E-state index in [4.69, 9.17) is 10.9 Å². The molecular weight excluding hydrogens is 182 g/mol. The molecule has 0 aromatic heterocycles. The van der Waals surface area contributed by atoms with Crippen molar-refractivity contribution in [1.29, 1.82) is 0 Å². The van der Waals surface area contributed by atoms with Crippen LogP contribution in [0.4, 0.5) is 0 Å². The fourth-order valence-corrected chi connectivity index (χ4v) is 1.36. The highest BCUT2D eigenvalue weighted by Gasteiger charge is 2.06. The second-order valence-corrected chi connectivity index (χ2v) is 3.95. The Labute approximate surface area is 85.2 Å². The van der Waals surface area contributed by atoms with Gasteiger partial charge in [-0.25, -0.2) is 5.21 Å². The number of nitrogens with zero attached hydrogens (tertiary/aromatic N) is 1. The van der Waals surface area contributed by atoms with Gasteiger partial charge in [-0.1, -0.05) is 24.7 Å². The Kier molecular flexibility index (Phi) is 7.10. The SMILES string of the molecule is CC(C)N[N+](=O)O.NC1CCCCC1. The standard InChI is InChI=1S/C6H13N.C3H9N2O2/c7-6-4-2-1-3-5-6;1-3(2)4-5(6)7/h6H,1-5,7H2;3-4H,1-2H3,(H,6,7)/q;+1. The van der Waals surface area contributed by atoms with Gasteiger partial charge in [0.1, 0.15) is 4.91 Å². The van der Waals surface area contributed by atoms with Crippen LogP contribution in [0.15, 0.2) is 0 Å². The van der Waals surface area contributed by atoms with E-state index in [1.807, 2.05) is 0 Å². The lowest BCUT2D eigenvalue weighted by molar-refractivity contribution is -0.835. The summed E-state index contributed by atoms with van der Waals surface area (Å²) in [5.74, 6) is 0. The van der Waals surface area contributed by atoms with Gasteiger partial charge in [0.05, 0.1) is 6.04 Å². The molecule has 1 saturated carbocycles. The van der Waals surface area contributed by atoms with Crippen LogP contribution in [0.3, 0.4) is 0 Å². The van der Waals surface area contributed by atoms with Crippen molar-refractivity contribution in [2.75, 3.05) is 0 Å². The van der Waals surface area contributed by atoms with E-state index in [1.165, 1.54) is 32.1 Å². The van der Waals surface area contributed by atoms with Crippen LogP contribution in [0.25, 0.3) is 0 Å². The van der Waals surface area contributed by atoms with Crippen LogP contribution in [-0.2, 0) is 0 Å². The molecule has 0 aliphatic heterocycles. The molecule has 1 rings (SSSR count). The number of hydrogen-bond donors (Lipinski definition) is 3. The molecule has 84 valence electrons. The zero-order chi connectivity index (χ0) is 11.0. The first-order chi connectivity index (χ1) is 6.52. The molecule has 14 heavy (non-hydrogen) atoms.